The molecule has 1 aliphatic heterocycles. The zero-order chi connectivity index (χ0) is 20.5. The Morgan fingerprint density at radius 1 is 1.17 bits per heavy atom. The van der Waals surface area contributed by atoms with E-state index in [9.17, 15) is 4.79 Å². The van der Waals surface area contributed by atoms with Crippen molar-refractivity contribution in [2.75, 3.05) is 29.9 Å². The molecule has 2 fully saturated rings. The van der Waals surface area contributed by atoms with Gasteiger partial charge in [0.15, 0.2) is 5.78 Å². The Kier molecular flexibility index (Phi) is 5.59. The maximum absolute atomic E-state index is 12.3. The van der Waals surface area contributed by atoms with E-state index >= 15 is 0 Å². The first-order valence-corrected chi connectivity index (χ1v) is 11.5. The molecule has 1 saturated heterocycles. The number of halogens is 1. The topological polar surface area (TPSA) is 71.0 Å². The zero-order valence-electron chi connectivity index (χ0n) is 17.2. The molecule has 3 aliphatic carbocycles. The van der Waals surface area contributed by atoms with Gasteiger partial charge in [0.05, 0.1) is 0 Å². The van der Waals surface area contributed by atoms with Crippen molar-refractivity contribution in [1.29, 1.82) is 0 Å². The first-order valence-electron chi connectivity index (χ1n) is 11.2. The smallest absolute Gasteiger partial charge is 0.231 e. The van der Waals surface area contributed by atoms with Crippen molar-refractivity contribution in [2.24, 2.45) is 17.8 Å². The molecule has 4 aliphatic rings. The van der Waals surface area contributed by atoms with Crippen molar-refractivity contribution < 1.29 is 4.79 Å². The summed E-state index contributed by atoms with van der Waals surface area (Å²) in [7, 11) is 0. The lowest BCUT2D eigenvalue weighted by Crippen LogP contribution is -2.48. The molecule has 0 radical (unpaired) electrons. The van der Waals surface area contributed by atoms with E-state index in [4.69, 9.17) is 11.6 Å². The van der Waals surface area contributed by atoms with Crippen LogP contribution in [0.25, 0.3) is 0 Å². The van der Waals surface area contributed by atoms with Gasteiger partial charge in [-0.25, -0.2) is 0 Å². The first-order chi connectivity index (χ1) is 14.7. The number of aromatic nitrogens is 3. The third-order valence-electron chi connectivity index (χ3n) is 6.87. The van der Waals surface area contributed by atoms with Crippen molar-refractivity contribution in [1.82, 2.24) is 15.0 Å². The third kappa shape index (κ3) is 4.15. The SMILES string of the molecule is O=C1C=CC=C2[C@H]3C[C@H](C[C@@H]12)CN(c1nc(Cl)nc(NCCC2=CCCCC2)n1)C3. The summed E-state index contributed by atoms with van der Waals surface area (Å²) in [6, 6.07) is 0. The monoisotopic (exact) mass is 425 g/mol. The molecule has 1 N–H and O–H groups in total. The van der Waals surface area contributed by atoms with Crippen LogP contribution in [0, 0.1) is 17.8 Å². The molecule has 1 aromatic rings. The van der Waals surface area contributed by atoms with Crippen molar-refractivity contribution in [2.45, 2.75) is 44.9 Å². The third-order valence-corrected chi connectivity index (χ3v) is 7.04. The number of fused-ring (bicyclic) bond motifs is 4. The maximum atomic E-state index is 12.3. The molecule has 1 saturated carbocycles. The summed E-state index contributed by atoms with van der Waals surface area (Å²) < 4.78 is 0. The molecule has 0 amide bonds. The predicted octanol–water partition coefficient (Wildman–Crippen LogP) is 4.36. The van der Waals surface area contributed by atoms with Crippen LogP contribution >= 0.6 is 11.6 Å². The number of carbonyl (C=O) groups excluding carboxylic acids is 1. The van der Waals surface area contributed by atoms with Gasteiger partial charge in [-0.05, 0) is 74.5 Å². The minimum absolute atomic E-state index is 0.0779. The highest BCUT2D eigenvalue weighted by atomic mass is 35.5. The Hall–Kier alpha value is -2.21. The van der Waals surface area contributed by atoms with Crippen molar-refractivity contribution >= 4 is 29.3 Å². The molecule has 0 aromatic carbocycles. The summed E-state index contributed by atoms with van der Waals surface area (Å²) in [5.41, 5.74) is 2.81. The molecule has 30 heavy (non-hydrogen) atoms. The van der Waals surface area contributed by atoms with Crippen LogP contribution in [0.15, 0.2) is 35.5 Å². The van der Waals surface area contributed by atoms with Gasteiger partial charge >= 0.3 is 0 Å². The molecule has 2 heterocycles. The van der Waals surface area contributed by atoms with Gasteiger partial charge in [-0.15, -0.1) is 0 Å². The summed E-state index contributed by atoms with van der Waals surface area (Å²) in [4.78, 5) is 27.9. The second kappa shape index (κ2) is 8.50. The Labute approximate surface area is 182 Å². The van der Waals surface area contributed by atoms with Gasteiger partial charge in [0.25, 0.3) is 0 Å². The predicted molar refractivity (Wildman–Crippen MR) is 119 cm³/mol. The molecule has 6 nitrogen and oxygen atoms in total. The van der Waals surface area contributed by atoms with Crippen LogP contribution in [-0.4, -0.2) is 40.4 Å². The van der Waals surface area contributed by atoms with E-state index in [2.05, 4.69) is 37.3 Å². The number of rotatable bonds is 5. The Morgan fingerprint density at radius 3 is 2.97 bits per heavy atom. The van der Waals surface area contributed by atoms with Gasteiger partial charge in [-0.2, -0.15) is 15.0 Å². The van der Waals surface area contributed by atoms with Crippen molar-refractivity contribution in [3.63, 3.8) is 0 Å². The van der Waals surface area contributed by atoms with Gasteiger partial charge in [0, 0.05) is 25.6 Å². The lowest BCUT2D eigenvalue weighted by molar-refractivity contribution is -0.118. The van der Waals surface area contributed by atoms with Gasteiger partial charge in [0.1, 0.15) is 0 Å². The summed E-state index contributed by atoms with van der Waals surface area (Å²) in [5, 5.41) is 3.56. The van der Waals surface area contributed by atoms with Crippen molar-refractivity contribution in [3.05, 3.63) is 40.7 Å². The van der Waals surface area contributed by atoms with Crippen molar-refractivity contribution in [3.8, 4) is 0 Å². The standard InChI is InChI=1S/C23H28ClN5O/c24-21-26-22(25-10-9-15-5-2-1-3-6-15)28-23(27-21)29-13-16-11-17(14-29)18-7-4-8-20(30)19(18)12-16/h4-5,7-8,16-17,19H,1-3,6,9-14H2,(H,25,26,27,28)/t16-,17+,19-/m1/s1. The van der Waals surface area contributed by atoms with Crippen LogP contribution in [0.4, 0.5) is 11.9 Å². The second-order valence-corrected chi connectivity index (χ2v) is 9.27. The normalized spacial score (nSPS) is 28.0. The second-order valence-electron chi connectivity index (χ2n) is 8.93. The number of anilines is 2. The number of nitrogens with zero attached hydrogens (tertiary/aromatic N) is 4. The van der Waals surface area contributed by atoms with Crippen LogP contribution < -0.4 is 10.2 Å². The van der Waals surface area contributed by atoms with E-state index in [-0.39, 0.29) is 17.0 Å². The molecule has 5 rings (SSSR count). The van der Waals surface area contributed by atoms with E-state index < -0.39 is 0 Å². The molecule has 0 unspecified atom stereocenters. The maximum Gasteiger partial charge on any atom is 0.231 e. The Bertz CT molecular complexity index is 924. The molecule has 2 bridgehead atoms. The number of carbonyl (C=O) groups is 1. The van der Waals surface area contributed by atoms with Crippen LogP contribution in [0.5, 0.6) is 0 Å². The fourth-order valence-electron chi connectivity index (χ4n) is 5.46. The summed E-state index contributed by atoms with van der Waals surface area (Å²) in [6.07, 6.45) is 16.2. The van der Waals surface area contributed by atoms with E-state index in [0.717, 1.165) is 38.9 Å². The average molecular weight is 426 g/mol. The van der Waals surface area contributed by atoms with Gasteiger partial charge in [0.2, 0.25) is 17.2 Å². The molecular formula is C23H28ClN5O. The highest BCUT2D eigenvalue weighted by molar-refractivity contribution is 6.28. The van der Waals surface area contributed by atoms with Gasteiger partial charge < -0.3 is 10.2 Å². The van der Waals surface area contributed by atoms with E-state index in [1.165, 1.54) is 36.8 Å². The summed E-state index contributed by atoms with van der Waals surface area (Å²) >= 11 is 6.24. The minimum Gasteiger partial charge on any atom is -0.354 e. The number of piperidine rings is 1. The van der Waals surface area contributed by atoms with E-state index in [1.54, 1.807) is 6.08 Å². The van der Waals surface area contributed by atoms with Crippen LogP contribution in [-0.2, 0) is 4.79 Å². The fraction of sp³-hybridized carbons (Fsp3) is 0.565. The van der Waals surface area contributed by atoms with Gasteiger partial charge in [-0.3, -0.25) is 4.79 Å². The first kappa shape index (κ1) is 19.7. The van der Waals surface area contributed by atoms with Crippen LogP contribution in [0.1, 0.15) is 44.9 Å². The molecule has 158 valence electrons. The highest BCUT2D eigenvalue weighted by Gasteiger charge is 2.41. The zero-order valence-corrected chi connectivity index (χ0v) is 17.9. The summed E-state index contributed by atoms with van der Waals surface area (Å²) in [6.45, 7) is 2.50. The molecular weight excluding hydrogens is 398 g/mol. The van der Waals surface area contributed by atoms with Crippen LogP contribution in [0.2, 0.25) is 5.28 Å². The van der Waals surface area contributed by atoms with Gasteiger partial charge in [-0.1, -0.05) is 29.4 Å². The number of hydrogen-bond donors (Lipinski definition) is 1. The number of allylic oxidation sites excluding steroid dienone is 4. The van der Waals surface area contributed by atoms with Crippen LogP contribution in [0.3, 0.4) is 0 Å². The largest absolute Gasteiger partial charge is 0.354 e. The molecule has 3 atom stereocenters. The Morgan fingerprint density at radius 2 is 2.10 bits per heavy atom. The lowest BCUT2D eigenvalue weighted by atomic mass is 9.66. The fourth-order valence-corrected chi connectivity index (χ4v) is 5.62. The molecule has 0 spiro atoms. The highest BCUT2D eigenvalue weighted by Crippen LogP contribution is 2.44. The minimum atomic E-state index is 0.0779. The Balaban J connectivity index is 1.28. The lowest BCUT2D eigenvalue weighted by Gasteiger charge is -2.45. The summed E-state index contributed by atoms with van der Waals surface area (Å²) in [5.74, 6) is 2.38. The number of hydrogen-bond acceptors (Lipinski definition) is 6. The number of nitrogens with one attached hydrogen (secondary N) is 1. The molecule has 7 heteroatoms. The quantitative estimate of drug-likeness (QED) is 0.707. The average Bonchev–Trinajstić information content (AvgIpc) is 2.75. The van der Waals surface area contributed by atoms with E-state index in [0.29, 0.717) is 23.7 Å². The number of ketones is 1. The van der Waals surface area contributed by atoms with E-state index in [1.807, 2.05) is 6.08 Å². The molecule has 1 aromatic heterocycles.